The molecule has 0 saturated carbocycles. The van der Waals surface area contributed by atoms with Crippen molar-refractivity contribution in [2.75, 3.05) is 0 Å². The van der Waals surface area contributed by atoms with Crippen LogP contribution >= 0.6 is 0 Å². The van der Waals surface area contributed by atoms with Crippen molar-refractivity contribution in [2.24, 2.45) is 11.8 Å². The van der Waals surface area contributed by atoms with Crippen molar-refractivity contribution in [3.05, 3.63) is 34.2 Å². The van der Waals surface area contributed by atoms with Gasteiger partial charge in [0.15, 0.2) is 0 Å². The Morgan fingerprint density at radius 3 is 2.14 bits per heavy atom. The van der Waals surface area contributed by atoms with Crippen molar-refractivity contribution in [3.63, 3.8) is 0 Å². The van der Waals surface area contributed by atoms with E-state index in [1.54, 1.807) is 32.9 Å². The maximum absolute atomic E-state index is 12.6. The van der Waals surface area contributed by atoms with E-state index >= 15 is 0 Å². The smallest absolute Gasteiger partial charge is 0.326 e. The topological polar surface area (TPSA) is 88.4 Å². The predicted molar refractivity (Wildman–Crippen MR) is 83.7 cm³/mol. The summed E-state index contributed by atoms with van der Waals surface area (Å²) < 4.78 is 1.42. The summed E-state index contributed by atoms with van der Waals surface area (Å²) in [7, 11) is 0. The number of carboxylic acid groups (broad SMARTS) is 1. The van der Waals surface area contributed by atoms with Gasteiger partial charge < -0.3 is 15.0 Å². The third kappa shape index (κ3) is 3.96. The van der Waals surface area contributed by atoms with Crippen LogP contribution in [0.2, 0.25) is 0 Å². The fourth-order valence-electron chi connectivity index (χ4n) is 2.43. The maximum atomic E-state index is 12.6. The van der Waals surface area contributed by atoms with Crippen LogP contribution in [0.5, 0.6) is 0 Å². The molecule has 2 N–H and O–H groups in total. The Morgan fingerprint density at radius 2 is 1.73 bits per heavy atom. The fourth-order valence-corrected chi connectivity index (χ4v) is 2.43. The third-order valence-electron chi connectivity index (χ3n) is 3.60. The zero-order chi connectivity index (χ0) is 17.0. The molecule has 1 heterocycles. The van der Waals surface area contributed by atoms with Gasteiger partial charge in [0, 0.05) is 11.8 Å². The lowest BCUT2D eigenvalue weighted by Gasteiger charge is -2.27. The first-order valence-electron chi connectivity index (χ1n) is 7.38. The highest BCUT2D eigenvalue weighted by atomic mass is 16.4. The van der Waals surface area contributed by atoms with Crippen LogP contribution < -0.4 is 10.9 Å². The average Bonchev–Trinajstić information content (AvgIpc) is 2.38. The van der Waals surface area contributed by atoms with Crippen LogP contribution in [0.3, 0.4) is 0 Å². The summed E-state index contributed by atoms with van der Waals surface area (Å²) >= 11 is 0. The van der Waals surface area contributed by atoms with Gasteiger partial charge in [-0.1, -0.05) is 33.8 Å². The lowest BCUT2D eigenvalue weighted by Crippen LogP contribution is -2.49. The largest absolute Gasteiger partial charge is 0.480 e. The molecule has 22 heavy (non-hydrogen) atoms. The number of hydrogen-bond donors (Lipinski definition) is 2. The Hall–Kier alpha value is -2.11. The second kappa shape index (κ2) is 7.24. The third-order valence-corrected chi connectivity index (χ3v) is 3.60. The average molecular weight is 308 g/mol. The maximum Gasteiger partial charge on any atom is 0.326 e. The number of nitrogens with one attached hydrogen (secondary N) is 1. The number of aromatic nitrogens is 1. The van der Waals surface area contributed by atoms with Crippen molar-refractivity contribution >= 4 is 11.9 Å². The number of aliphatic carboxylic acids is 1. The number of aryl methyl sites for hydroxylation is 1. The summed E-state index contributed by atoms with van der Waals surface area (Å²) in [5, 5.41) is 11.8. The molecule has 0 aromatic carbocycles. The number of carbonyl (C=O) groups is 2. The molecule has 6 nitrogen and oxygen atoms in total. The molecule has 0 spiro atoms. The lowest BCUT2D eigenvalue weighted by molar-refractivity contribution is -0.143. The number of carbonyl (C=O) groups excluding carboxylic acids is 1. The molecule has 6 heteroatoms. The quantitative estimate of drug-likeness (QED) is 0.835. The first kappa shape index (κ1) is 17.9. The first-order chi connectivity index (χ1) is 10.2. The van der Waals surface area contributed by atoms with Crippen molar-refractivity contribution in [1.29, 1.82) is 0 Å². The Kier molecular flexibility index (Phi) is 5.91. The molecule has 2 atom stereocenters. The van der Waals surface area contributed by atoms with Gasteiger partial charge in [0.1, 0.15) is 12.1 Å². The van der Waals surface area contributed by atoms with Crippen molar-refractivity contribution < 1.29 is 14.7 Å². The number of pyridine rings is 1. The Labute approximate surface area is 130 Å². The van der Waals surface area contributed by atoms with Gasteiger partial charge in [-0.3, -0.25) is 9.59 Å². The summed E-state index contributed by atoms with van der Waals surface area (Å²) in [6, 6.07) is 3.06. The fraction of sp³-hybridized carbons (Fsp3) is 0.562. The van der Waals surface area contributed by atoms with Gasteiger partial charge in [-0.2, -0.15) is 0 Å². The van der Waals surface area contributed by atoms with E-state index in [-0.39, 0.29) is 17.4 Å². The van der Waals surface area contributed by atoms with E-state index in [2.05, 4.69) is 5.32 Å². The number of hydrogen-bond acceptors (Lipinski definition) is 3. The van der Waals surface area contributed by atoms with Crippen LogP contribution in [0.4, 0.5) is 0 Å². The van der Waals surface area contributed by atoms with Gasteiger partial charge in [0.05, 0.1) is 0 Å². The molecular weight excluding hydrogens is 284 g/mol. The molecule has 0 aliphatic heterocycles. The van der Waals surface area contributed by atoms with E-state index < -0.39 is 24.0 Å². The van der Waals surface area contributed by atoms with Gasteiger partial charge in [-0.25, -0.2) is 4.79 Å². The Balaban J connectivity index is 3.19. The molecule has 0 fully saturated rings. The highest BCUT2D eigenvalue weighted by Gasteiger charge is 2.31. The van der Waals surface area contributed by atoms with Crippen LogP contribution in [0.15, 0.2) is 23.0 Å². The molecular formula is C16H24N2O4. The van der Waals surface area contributed by atoms with Crippen LogP contribution in [0.1, 0.15) is 39.4 Å². The lowest BCUT2D eigenvalue weighted by atomic mass is 9.99. The highest BCUT2D eigenvalue weighted by molar-refractivity contribution is 5.86. The SMILES string of the molecule is Cc1cccc(=O)n1C(C(=O)NC(C(=O)O)C(C)C)C(C)C. The first-order valence-corrected chi connectivity index (χ1v) is 7.38. The number of amides is 1. The van der Waals surface area contributed by atoms with E-state index in [0.717, 1.165) is 0 Å². The molecule has 122 valence electrons. The second-order valence-corrected chi connectivity index (χ2v) is 6.13. The predicted octanol–water partition coefficient (Wildman–Crippen LogP) is 1.58. The monoisotopic (exact) mass is 308 g/mol. The summed E-state index contributed by atoms with van der Waals surface area (Å²) in [6.07, 6.45) is 0. The Bertz CT molecular complexity index is 604. The highest BCUT2D eigenvalue weighted by Crippen LogP contribution is 2.19. The van der Waals surface area contributed by atoms with Gasteiger partial charge in [-0.15, -0.1) is 0 Å². The normalized spacial score (nSPS) is 14.0. The molecule has 2 unspecified atom stereocenters. The molecule has 0 saturated heterocycles. The second-order valence-electron chi connectivity index (χ2n) is 6.13. The molecule has 1 amide bonds. The van der Waals surface area contributed by atoms with Crippen LogP contribution in [0.25, 0.3) is 0 Å². The van der Waals surface area contributed by atoms with Gasteiger partial charge in [0.2, 0.25) is 5.91 Å². The van der Waals surface area contributed by atoms with Gasteiger partial charge >= 0.3 is 5.97 Å². The zero-order valence-electron chi connectivity index (χ0n) is 13.7. The van der Waals surface area contributed by atoms with Gasteiger partial charge in [0.25, 0.3) is 5.56 Å². The molecule has 1 rings (SSSR count). The van der Waals surface area contributed by atoms with E-state index in [9.17, 15) is 19.5 Å². The van der Waals surface area contributed by atoms with E-state index in [1.807, 2.05) is 13.8 Å². The van der Waals surface area contributed by atoms with E-state index in [4.69, 9.17) is 0 Å². The van der Waals surface area contributed by atoms with Crippen LogP contribution in [0, 0.1) is 18.8 Å². The molecule has 0 radical (unpaired) electrons. The zero-order valence-corrected chi connectivity index (χ0v) is 13.7. The standard InChI is InChI=1S/C16H24N2O4/c1-9(2)13(16(21)22)17-15(20)14(10(3)4)18-11(5)7-6-8-12(18)19/h6-10,13-14H,1-5H3,(H,17,20)(H,21,22). The molecule has 0 aliphatic rings. The number of rotatable bonds is 6. The molecule has 0 aliphatic carbocycles. The number of nitrogens with zero attached hydrogens (tertiary/aromatic N) is 1. The molecule has 0 bridgehead atoms. The van der Waals surface area contributed by atoms with E-state index in [0.29, 0.717) is 5.69 Å². The number of carboxylic acids is 1. The van der Waals surface area contributed by atoms with Crippen molar-refractivity contribution in [2.45, 2.75) is 46.7 Å². The summed E-state index contributed by atoms with van der Waals surface area (Å²) in [5.41, 5.74) is 0.392. The van der Waals surface area contributed by atoms with Crippen LogP contribution in [-0.2, 0) is 9.59 Å². The van der Waals surface area contributed by atoms with Crippen molar-refractivity contribution in [3.8, 4) is 0 Å². The minimum atomic E-state index is -1.08. The van der Waals surface area contributed by atoms with Gasteiger partial charge in [-0.05, 0) is 24.8 Å². The van der Waals surface area contributed by atoms with Crippen molar-refractivity contribution in [1.82, 2.24) is 9.88 Å². The summed E-state index contributed by atoms with van der Waals surface area (Å²) in [4.78, 5) is 35.9. The Morgan fingerprint density at radius 1 is 1.14 bits per heavy atom. The molecule has 1 aromatic heterocycles. The minimum Gasteiger partial charge on any atom is -0.480 e. The summed E-state index contributed by atoms with van der Waals surface area (Å²) in [6.45, 7) is 8.86. The van der Waals surface area contributed by atoms with E-state index in [1.165, 1.54) is 10.6 Å². The van der Waals surface area contributed by atoms with Crippen LogP contribution in [-0.4, -0.2) is 27.6 Å². The summed E-state index contributed by atoms with van der Waals surface area (Å²) in [5.74, 6) is -1.93. The molecule has 1 aromatic rings. The minimum absolute atomic E-state index is 0.152.